The number of aromatic nitrogens is 5. The first-order valence-electron chi connectivity index (χ1n) is 14.5. The molecule has 5 aromatic carbocycles. The first kappa shape index (κ1) is 27.2. The van der Waals surface area contributed by atoms with Gasteiger partial charge in [-0.2, -0.15) is 11.2 Å². The zero-order chi connectivity index (χ0) is 29.2. The van der Waals surface area contributed by atoms with Gasteiger partial charge in [0.05, 0.1) is 5.65 Å². The standard InChI is InChI=1S/C38H23N5O.Pt/c1-24-10-2-3-11-27(24)37-40-41-38-32-22-25(17-19-28(32)29-12-4-7-15-34(29)43(37)38)44-26-18-20-31-30-13-5-6-14-33(30)42(35(31)23-26)36-16-8-9-21-39-36;/h2-21H,1H3;/q-2;+2. The van der Waals surface area contributed by atoms with Crippen molar-refractivity contribution in [3.63, 3.8) is 0 Å². The quantitative estimate of drug-likeness (QED) is 0.133. The molecule has 0 atom stereocenters. The molecule has 0 saturated carbocycles. The molecule has 4 heterocycles. The normalized spacial score (nSPS) is 11.5. The van der Waals surface area contributed by atoms with Gasteiger partial charge in [0.25, 0.3) is 0 Å². The van der Waals surface area contributed by atoms with Gasteiger partial charge in [0, 0.05) is 34.3 Å². The van der Waals surface area contributed by atoms with Crippen LogP contribution < -0.4 is 4.74 Å². The van der Waals surface area contributed by atoms with Crippen LogP contribution in [0.4, 0.5) is 0 Å². The van der Waals surface area contributed by atoms with Gasteiger partial charge < -0.3 is 13.7 Å². The van der Waals surface area contributed by atoms with Crippen LogP contribution >= 0.6 is 0 Å². The monoisotopic (exact) mass is 760 g/mol. The summed E-state index contributed by atoms with van der Waals surface area (Å²) in [5.74, 6) is 2.80. The molecule has 45 heavy (non-hydrogen) atoms. The SMILES string of the molecule is Cc1ccccc1-c1nnc2c3[c-]c(Oc4[c-]c5c(cc4)c4ccccc4n5-c4ccccn4)ccc3c3ccccc3n12.[Pt+2]. The zero-order valence-electron chi connectivity index (χ0n) is 24.0. The summed E-state index contributed by atoms with van der Waals surface area (Å²) in [6, 6.07) is 46.0. The van der Waals surface area contributed by atoms with E-state index in [2.05, 4.69) is 104 Å². The molecule has 0 fully saturated rings. The van der Waals surface area contributed by atoms with Crippen molar-refractivity contribution in [1.82, 2.24) is 24.1 Å². The van der Waals surface area contributed by atoms with E-state index in [1.54, 1.807) is 6.20 Å². The molecular formula is C38H23N5OPt. The van der Waals surface area contributed by atoms with Crippen molar-refractivity contribution >= 4 is 49.1 Å². The van der Waals surface area contributed by atoms with Gasteiger partial charge in [-0.25, -0.2) is 4.98 Å². The van der Waals surface area contributed by atoms with Crippen LogP contribution in [-0.4, -0.2) is 24.1 Å². The number of hydrogen-bond acceptors (Lipinski definition) is 4. The number of hydrogen-bond donors (Lipinski definition) is 0. The van der Waals surface area contributed by atoms with Crippen molar-refractivity contribution in [3.05, 3.63) is 139 Å². The van der Waals surface area contributed by atoms with Crippen LogP contribution in [0.3, 0.4) is 0 Å². The second-order valence-electron chi connectivity index (χ2n) is 10.9. The van der Waals surface area contributed by atoms with Crippen molar-refractivity contribution in [1.29, 1.82) is 0 Å². The molecular weight excluding hydrogens is 738 g/mol. The first-order chi connectivity index (χ1) is 21.7. The second-order valence-corrected chi connectivity index (χ2v) is 10.9. The Morgan fingerprint density at radius 2 is 1.31 bits per heavy atom. The van der Waals surface area contributed by atoms with Crippen LogP contribution in [0.5, 0.6) is 11.5 Å². The molecule has 0 bridgehead atoms. The Hall–Kier alpha value is -5.32. The fraction of sp³-hybridized carbons (Fsp3) is 0.0263. The minimum atomic E-state index is 0. The molecule has 0 amide bonds. The third-order valence-electron chi connectivity index (χ3n) is 8.28. The van der Waals surface area contributed by atoms with Gasteiger partial charge >= 0.3 is 21.1 Å². The number of nitrogens with zero attached hydrogens (tertiary/aromatic N) is 5. The summed E-state index contributed by atoms with van der Waals surface area (Å²) in [6.07, 6.45) is 1.81. The van der Waals surface area contributed by atoms with Gasteiger partial charge in [0.2, 0.25) is 0 Å². The van der Waals surface area contributed by atoms with E-state index in [-0.39, 0.29) is 21.1 Å². The van der Waals surface area contributed by atoms with E-state index in [0.717, 1.165) is 71.9 Å². The molecule has 0 aliphatic carbocycles. The number of para-hydroxylation sites is 2. The Kier molecular flexibility index (Phi) is 6.47. The molecule has 9 aromatic rings. The third-order valence-corrected chi connectivity index (χ3v) is 8.28. The minimum absolute atomic E-state index is 0. The van der Waals surface area contributed by atoms with E-state index in [4.69, 9.17) is 4.74 Å². The molecule has 0 saturated heterocycles. The maximum atomic E-state index is 6.45. The Balaban J connectivity index is 0.00000300. The van der Waals surface area contributed by atoms with E-state index >= 15 is 0 Å². The van der Waals surface area contributed by atoms with Crippen molar-refractivity contribution < 1.29 is 25.8 Å². The minimum Gasteiger partial charge on any atom is -0.503 e. The van der Waals surface area contributed by atoms with Crippen molar-refractivity contribution in [2.75, 3.05) is 0 Å². The molecule has 0 N–H and O–H groups in total. The number of aryl methyl sites for hydroxylation is 1. The summed E-state index contributed by atoms with van der Waals surface area (Å²) in [4.78, 5) is 4.63. The maximum absolute atomic E-state index is 6.45. The van der Waals surface area contributed by atoms with Crippen LogP contribution in [0.2, 0.25) is 0 Å². The van der Waals surface area contributed by atoms with E-state index in [1.165, 1.54) is 0 Å². The van der Waals surface area contributed by atoms with Crippen molar-refractivity contribution in [3.8, 4) is 28.7 Å². The molecule has 4 aromatic heterocycles. The predicted molar refractivity (Wildman–Crippen MR) is 174 cm³/mol. The summed E-state index contributed by atoms with van der Waals surface area (Å²) in [7, 11) is 0. The average Bonchev–Trinajstić information content (AvgIpc) is 3.65. The Labute approximate surface area is 272 Å². The summed E-state index contributed by atoms with van der Waals surface area (Å²) >= 11 is 0. The molecule has 6 nitrogen and oxygen atoms in total. The molecule has 7 heteroatoms. The topological polar surface area (TPSA) is 57.2 Å². The van der Waals surface area contributed by atoms with Crippen molar-refractivity contribution in [2.45, 2.75) is 6.92 Å². The fourth-order valence-electron chi connectivity index (χ4n) is 6.28. The smallest absolute Gasteiger partial charge is 0.503 e. The Bertz CT molecular complexity index is 2550. The largest absolute Gasteiger partial charge is 2.00 e. The Morgan fingerprint density at radius 1 is 0.622 bits per heavy atom. The fourth-order valence-corrected chi connectivity index (χ4v) is 6.28. The van der Waals surface area contributed by atoms with E-state index in [9.17, 15) is 0 Å². The molecule has 0 spiro atoms. The summed E-state index contributed by atoms with van der Waals surface area (Å²) in [6.45, 7) is 2.10. The number of rotatable bonds is 4. The second kappa shape index (κ2) is 10.7. The number of fused-ring (bicyclic) bond motifs is 9. The maximum Gasteiger partial charge on any atom is 2.00 e. The van der Waals surface area contributed by atoms with Gasteiger partial charge in [-0.3, -0.25) is 0 Å². The van der Waals surface area contributed by atoms with Crippen LogP contribution in [0, 0.1) is 19.1 Å². The Morgan fingerprint density at radius 3 is 2.11 bits per heavy atom. The first-order valence-corrected chi connectivity index (χ1v) is 14.5. The predicted octanol–water partition coefficient (Wildman–Crippen LogP) is 8.89. The molecule has 0 radical (unpaired) electrons. The average molecular weight is 761 g/mol. The van der Waals surface area contributed by atoms with Gasteiger partial charge in [-0.05, 0) is 47.5 Å². The number of pyridine rings is 2. The summed E-state index contributed by atoms with van der Waals surface area (Å²) in [5.41, 5.74) is 5.93. The van der Waals surface area contributed by atoms with Crippen LogP contribution in [0.15, 0.2) is 121 Å². The summed E-state index contributed by atoms with van der Waals surface area (Å²) < 4.78 is 10.7. The zero-order valence-corrected chi connectivity index (χ0v) is 26.3. The van der Waals surface area contributed by atoms with Gasteiger partial charge in [0.1, 0.15) is 5.82 Å². The molecule has 0 aliphatic rings. The van der Waals surface area contributed by atoms with Crippen LogP contribution in [0.1, 0.15) is 5.56 Å². The molecule has 0 aliphatic heterocycles. The van der Waals surface area contributed by atoms with Gasteiger partial charge in [-0.15, -0.1) is 34.8 Å². The van der Waals surface area contributed by atoms with E-state index < -0.39 is 0 Å². The summed E-state index contributed by atoms with van der Waals surface area (Å²) in [5, 5.41) is 14.6. The number of benzene rings is 5. The van der Waals surface area contributed by atoms with Gasteiger partial charge in [0.15, 0.2) is 5.82 Å². The molecule has 9 rings (SSSR count). The molecule has 0 unspecified atom stereocenters. The third kappa shape index (κ3) is 4.25. The van der Waals surface area contributed by atoms with Crippen LogP contribution in [0.25, 0.3) is 66.3 Å². The van der Waals surface area contributed by atoms with E-state index in [1.807, 2.05) is 54.6 Å². The van der Waals surface area contributed by atoms with Gasteiger partial charge in [-0.1, -0.05) is 89.1 Å². The van der Waals surface area contributed by atoms with Crippen LogP contribution in [-0.2, 0) is 21.1 Å². The van der Waals surface area contributed by atoms with Crippen molar-refractivity contribution in [2.24, 2.45) is 0 Å². The molecule has 216 valence electrons. The number of ether oxygens (including phenoxy) is 1. The van der Waals surface area contributed by atoms with E-state index in [0.29, 0.717) is 11.5 Å².